The van der Waals surface area contributed by atoms with E-state index in [1.54, 1.807) is 0 Å². The van der Waals surface area contributed by atoms with Gasteiger partial charge in [0.15, 0.2) is 0 Å². The fraction of sp³-hybridized carbons (Fsp3) is 0.500. The van der Waals surface area contributed by atoms with Crippen molar-refractivity contribution in [2.24, 2.45) is 0 Å². The van der Waals surface area contributed by atoms with Crippen molar-refractivity contribution in [3.63, 3.8) is 0 Å². The van der Waals surface area contributed by atoms with Crippen LogP contribution in [0.1, 0.15) is 54.5 Å². The number of ether oxygens (including phenoxy) is 2. The number of piperazine rings is 1. The molecule has 2 aromatic carbocycles. The molecule has 0 aromatic heterocycles. The minimum Gasteiger partial charge on any atom is -0.486 e. The van der Waals surface area contributed by atoms with Gasteiger partial charge in [-0.25, -0.2) is 0 Å². The summed E-state index contributed by atoms with van der Waals surface area (Å²) in [5.74, 6) is 1.33. The molecule has 6 heteroatoms. The lowest BCUT2D eigenvalue weighted by atomic mass is 9.85. The SMILES string of the molecule is CC(=O)Oc1c(C)c(C)c2c(c1C)CCC(C)(CC(=O)N1CCN(Cc3ccccc3)CC1)O2. The van der Waals surface area contributed by atoms with Crippen molar-refractivity contribution in [3.05, 3.63) is 58.1 Å². The summed E-state index contributed by atoms with van der Waals surface area (Å²) >= 11 is 0. The molecule has 1 fully saturated rings. The Labute approximate surface area is 202 Å². The second-order valence-electron chi connectivity index (χ2n) is 9.98. The maximum absolute atomic E-state index is 13.2. The summed E-state index contributed by atoms with van der Waals surface area (Å²) in [6.45, 7) is 13.6. The van der Waals surface area contributed by atoms with Crippen LogP contribution in [0.2, 0.25) is 0 Å². The van der Waals surface area contributed by atoms with Crippen molar-refractivity contribution in [2.45, 2.75) is 66.0 Å². The van der Waals surface area contributed by atoms with Crippen LogP contribution in [0.25, 0.3) is 0 Å². The first-order chi connectivity index (χ1) is 16.2. The van der Waals surface area contributed by atoms with Gasteiger partial charge in [0.1, 0.15) is 17.1 Å². The molecule has 182 valence electrons. The van der Waals surface area contributed by atoms with Crippen molar-refractivity contribution in [1.82, 2.24) is 9.80 Å². The van der Waals surface area contributed by atoms with Crippen LogP contribution in [0.4, 0.5) is 0 Å². The Bertz CT molecular complexity index is 1070. The number of fused-ring (bicyclic) bond motifs is 1. The third kappa shape index (κ3) is 5.12. The average molecular weight is 465 g/mol. The number of carbonyl (C=O) groups excluding carboxylic acids is 2. The molecule has 0 saturated carbocycles. The van der Waals surface area contributed by atoms with E-state index in [1.165, 1.54) is 12.5 Å². The summed E-state index contributed by atoms with van der Waals surface area (Å²) < 4.78 is 12.0. The Balaban J connectivity index is 1.40. The highest BCUT2D eigenvalue weighted by Crippen LogP contribution is 2.44. The molecule has 2 aliphatic rings. The van der Waals surface area contributed by atoms with Gasteiger partial charge in [-0.15, -0.1) is 0 Å². The molecule has 0 N–H and O–H groups in total. The molecular formula is C28H36N2O4. The second-order valence-corrected chi connectivity index (χ2v) is 9.98. The van der Waals surface area contributed by atoms with Crippen LogP contribution in [-0.4, -0.2) is 53.5 Å². The van der Waals surface area contributed by atoms with Gasteiger partial charge in [0, 0.05) is 45.2 Å². The molecule has 2 heterocycles. The molecule has 1 saturated heterocycles. The van der Waals surface area contributed by atoms with Crippen molar-refractivity contribution >= 4 is 11.9 Å². The maximum atomic E-state index is 13.2. The quantitative estimate of drug-likeness (QED) is 0.486. The lowest BCUT2D eigenvalue weighted by Crippen LogP contribution is -2.51. The Hall–Kier alpha value is -2.86. The highest BCUT2D eigenvalue weighted by atomic mass is 16.5. The van der Waals surface area contributed by atoms with Crippen molar-refractivity contribution in [3.8, 4) is 11.5 Å². The molecule has 0 spiro atoms. The van der Waals surface area contributed by atoms with Crippen LogP contribution in [0, 0.1) is 20.8 Å². The zero-order valence-electron chi connectivity index (χ0n) is 21.1. The molecule has 0 bridgehead atoms. The summed E-state index contributed by atoms with van der Waals surface area (Å²) in [6, 6.07) is 10.5. The number of amides is 1. The van der Waals surface area contributed by atoms with E-state index in [-0.39, 0.29) is 11.9 Å². The minimum absolute atomic E-state index is 0.160. The Morgan fingerprint density at radius 2 is 1.68 bits per heavy atom. The lowest BCUT2D eigenvalue weighted by Gasteiger charge is -2.40. The topological polar surface area (TPSA) is 59.1 Å². The molecule has 1 amide bonds. The summed E-state index contributed by atoms with van der Waals surface area (Å²) in [4.78, 5) is 29.2. The third-order valence-corrected chi connectivity index (χ3v) is 7.31. The smallest absolute Gasteiger partial charge is 0.308 e. The van der Waals surface area contributed by atoms with Gasteiger partial charge in [-0.2, -0.15) is 0 Å². The number of esters is 1. The molecule has 2 aromatic rings. The Kier molecular flexibility index (Phi) is 6.99. The zero-order chi connectivity index (χ0) is 24.5. The molecular weight excluding hydrogens is 428 g/mol. The lowest BCUT2D eigenvalue weighted by molar-refractivity contribution is -0.137. The van der Waals surface area contributed by atoms with Gasteiger partial charge in [-0.3, -0.25) is 14.5 Å². The van der Waals surface area contributed by atoms with Crippen LogP contribution < -0.4 is 9.47 Å². The van der Waals surface area contributed by atoms with Crippen molar-refractivity contribution < 1.29 is 19.1 Å². The number of rotatable bonds is 5. The Morgan fingerprint density at radius 3 is 2.32 bits per heavy atom. The maximum Gasteiger partial charge on any atom is 0.308 e. The van der Waals surface area contributed by atoms with Gasteiger partial charge in [0.2, 0.25) is 5.91 Å². The molecule has 34 heavy (non-hydrogen) atoms. The number of benzene rings is 2. The summed E-state index contributed by atoms with van der Waals surface area (Å²) in [5, 5.41) is 0. The van der Waals surface area contributed by atoms with Crippen LogP contribution >= 0.6 is 0 Å². The second kappa shape index (κ2) is 9.79. The number of carbonyl (C=O) groups is 2. The van der Waals surface area contributed by atoms with Gasteiger partial charge >= 0.3 is 5.97 Å². The van der Waals surface area contributed by atoms with Crippen LogP contribution in [0.15, 0.2) is 30.3 Å². The van der Waals surface area contributed by atoms with E-state index in [4.69, 9.17) is 9.47 Å². The molecule has 1 unspecified atom stereocenters. The van der Waals surface area contributed by atoms with Crippen LogP contribution in [0.3, 0.4) is 0 Å². The number of hydrogen-bond acceptors (Lipinski definition) is 5. The highest BCUT2D eigenvalue weighted by molar-refractivity contribution is 5.78. The van der Waals surface area contributed by atoms with E-state index in [9.17, 15) is 9.59 Å². The van der Waals surface area contributed by atoms with Crippen molar-refractivity contribution in [2.75, 3.05) is 26.2 Å². The summed E-state index contributed by atoms with van der Waals surface area (Å²) in [6.07, 6.45) is 1.92. The average Bonchev–Trinajstić information content (AvgIpc) is 2.81. The zero-order valence-corrected chi connectivity index (χ0v) is 21.1. The third-order valence-electron chi connectivity index (χ3n) is 7.31. The molecule has 1 atom stereocenters. The van der Waals surface area contributed by atoms with Gasteiger partial charge in [0.25, 0.3) is 0 Å². The van der Waals surface area contributed by atoms with E-state index in [1.807, 2.05) is 38.7 Å². The molecule has 6 nitrogen and oxygen atoms in total. The standard InChI is InChI=1S/C28H36N2O4/c1-19-20(2)27-24(21(3)26(19)33-22(4)31)11-12-28(5,34-27)17-25(32)30-15-13-29(14-16-30)18-23-9-7-6-8-10-23/h6-10H,11-18H2,1-5H3. The fourth-order valence-corrected chi connectivity index (χ4v) is 5.13. The first-order valence-electron chi connectivity index (χ1n) is 12.2. The van der Waals surface area contributed by atoms with E-state index >= 15 is 0 Å². The molecule has 2 aliphatic heterocycles. The van der Waals surface area contributed by atoms with Gasteiger partial charge < -0.3 is 14.4 Å². The van der Waals surface area contributed by atoms with E-state index in [2.05, 4.69) is 29.2 Å². The molecule has 0 aliphatic carbocycles. The van der Waals surface area contributed by atoms with Crippen LogP contribution in [0.5, 0.6) is 11.5 Å². The van der Waals surface area contributed by atoms with Crippen molar-refractivity contribution in [1.29, 1.82) is 0 Å². The molecule has 0 radical (unpaired) electrons. The Morgan fingerprint density at radius 1 is 1.00 bits per heavy atom. The highest BCUT2D eigenvalue weighted by Gasteiger charge is 2.38. The summed E-state index contributed by atoms with van der Waals surface area (Å²) in [7, 11) is 0. The normalized spacial score (nSPS) is 20.4. The van der Waals surface area contributed by atoms with E-state index in [0.717, 1.165) is 73.6 Å². The first kappa shape index (κ1) is 24.3. The monoisotopic (exact) mass is 464 g/mol. The number of hydrogen-bond donors (Lipinski definition) is 0. The first-order valence-corrected chi connectivity index (χ1v) is 12.2. The number of nitrogens with zero attached hydrogens (tertiary/aromatic N) is 2. The fourth-order valence-electron chi connectivity index (χ4n) is 5.13. The van der Waals surface area contributed by atoms with Gasteiger partial charge in [-0.1, -0.05) is 30.3 Å². The summed E-state index contributed by atoms with van der Waals surface area (Å²) in [5.41, 5.74) is 4.69. The predicted molar refractivity (Wildman–Crippen MR) is 132 cm³/mol. The van der Waals surface area contributed by atoms with Crippen LogP contribution in [-0.2, 0) is 22.6 Å². The largest absolute Gasteiger partial charge is 0.486 e. The van der Waals surface area contributed by atoms with Gasteiger partial charge in [-0.05, 0) is 62.8 Å². The molecule has 4 rings (SSSR count). The van der Waals surface area contributed by atoms with E-state index < -0.39 is 5.60 Å². The van der Waals surface area contributed by atoms with E-state index in [0.29, 0.717) is 12.2 Å². The minimum atomic E-state index is -0.544. The van der Waals surface area contributed by atoms with Gasteiger partial charge in [0.05, 0.1) is 6.42 Å². The predicted octanol–water partition coefficient (Wildman–Crippen LogP) is 4.36.